The SMILES string of the molecule is CCN1C(=O)[C@](O)(c2c[nH]c3ccccc23)c2cc(Cl)ccc21. The van der Waals surface area contributed by atoms with Crippen molar-refractivity contribution in [3.63, 3.8) is 0 Å². The fourth-order valence-electron chi connectivity index (χ4n) is 3.40. The van der Waals surface area contributed by atoms with Crippen molar-refractivity contribution >= 4 is 34.1 Å². The van der Waals surface area contributed by atoms with Crippen LogP contribution in [-0.2, 0) is 10.4 Å². The van der Waals surface area contributed by atoms with Gasteiger partial charge in [0.15, 0.2) is 5.60 Å². The Hall–Kier alpha value is -2.30. The van der Waals surface area contributed by atoms with Gasteiger partial charge in [0.1, 0.15) is 0 Å². The maximum Gasteiger partial charge on any atom is 0.268 e. The number of likely N-dealkylation sites (N-methyl/N-ethyl adjacent to an activating group) is 1. The Morgan fingerprint density at radius 1 is 1.22 bits per heavy atom. The Labute approximate surface area is 138 Å². The monoisotopic (exact) mass is 326 g/mol. The number of nitrogens with one attached hydrogen (secondary N) is 1. The molecule has 2 heterocycles. The van der Waals surface area contributed by atoms with Crippen LogP contribution in [-0.4, -0.2) is 22.5 Å². The van der Waals surface area contributed by atoms with Crippen LogP contribution in [0.2, 0.25) is 5.02 Å². The van der Waals surface area contributed by atoms with Crippen LogP contribution in [0.3, 0.4) is 0 Å². The molecule has 0 aliphatic carbocycles. The normalized spacial score (nSPS) is 20.3. The van der Waals surface area contributed by atoms with Crippen LogP contribution in [0.15, 0.2) is 48.7 Å². The molecular weight excluding hydrogens is 312 g/mol. The fourth-order valence-corrected chi connectivity index (χ4v) is 3.57. The fraction of sp³-hybridized carbons (Fsp3) is 0.167. The maximum absolute atomic E-state index is 13.0. The topological polar surface area (TPSA) is 56.3 Å². The lowest BCUT2D eigenvalue weighted by Gasteiger charge is -2.22. The summed E-state index contributed by atoms with van der Waals surface area (Å²) in [6.07, 6.45) is 1.70. The van der Waals surface area contributed by atoms with E-state index in [1.54, 1.807) is 29.3 Å². The van der Waals surface area contributed by atoms with Gasteiger partial charge in [-0.3, -0.25) is 4.79 Å². The molecule has 5 heteroatoms. The van der Waals surface area contributed by atoms with Gasteiger partial charge in [-0.25, -0.2) is 0 Å². The van der Waals surface area contributed by atoms with Crippen LogP contribution in [0.25, 0.3) is 10.9 Å². The molecule has 3 aromatic rings. The van der Waals surface area contributed by atoms with Gasteiger partial charge in [0.05, 0.1) is 5.69 Å². The average molecular weight is 327 g/mol. The summed E-state index contributed by atoms with van der Waals surface area (Å²) in [5.41, 5.74) is 0.937. The molecule has 4 nitrogen and oxygen atoms in total. The van der Waals surface area contributed by atoms with Gasteiger partial charge in [-0.2, -0.15) is 0 Å². The van der Waals surface area contributed by atoms with Crippen molar-refractivity contribution in [1.29, 1.82) is 0 Å². The Morgan fingerprint density at radius 2 is 2.00 bits per heavy atom. The second-order valence-electron chi connectivity index (χ2n) is 5.67. The van der Waals surface area contributed by atoms with Crippen LogP contribution in [0.1, 0.15) is 18.1 Å². The summed E-state index contributed by atoms with van der Waals surface area (Å²) in [4.78, 5) is 17.7. The molecule has 2 aromatic carbocycles. The molecule has 1 aliphatic heterocycles. The van der Waals surface area contributed by atoms with Crippen LogP contribution < -0.4 is 4.90 Å². The molecule has 0 fully saturated rings. The van der Waals surface area contributed by atoms with Gasteiger partial charge < -0.3 is 15.0 Å². The number of H-pyrrole nitrogens is 1. The Kier molecular flexibility index (Phi) is 3.01. The van der Waals surface area contributed by atoms with E-state index in [1.165, 1.54) is 0 Å². The molecule has 0 radical (unpaired) electrons. The number of rotatable bonds is 2. The van der Waals surface area contributed by atoms with Crippen LogP contribution in [0.5, 0.6) is 0 Å². The van der Waals surface area contributed by atoms with Crippen LogP contribution in [0, 0.1) is 0 Å². The first-order valence-corrected chi connectivity index (χ1v) is 7.86. The summed E-state index contributed by atoms with van der Waals surface area (Å²) < 4.78 is 0. The maximum atomic E-state index is 13.0. The minimum Gasteiger partial charge on any atom is -0.372 e. The van der Waals surface area contributed by atoms with E-state index < -0.39 is 5.60 Å². The zero-order chi connectivity index (χ0) is 16.2. The summed E-state index contributed by atoms with van der Waals surface area (Å²) in [7, 11) is 0. The molecule has 0 saturated heterocycles. The average Bonchev–Trinajstić information content (AvgIpc) is 3.07. The predicted octanol–water partition coefficient (Wildman–Crippen LogP) is 3.42. The van der Waals surface area contributed by atoms with Gasteiger partial charge in [0.2, 0.25) is 0 Å². The van der Waals surface area contributed by atoms with Crippen molar-refractivity contribution in [2.75, 3.05) is 11.4 Å². The molecule has 1 atom stereocenters. The zero-order valence-electron chi connectivity index (χ0n) is 12.5. The standard InChI is InChI=1S/C18H15ClN2O2/c1-2-21-16-8-7-11(19)9-13(16)18(23,17(21)22)14-10-20-15-6-4-3-5-12(14)15/h3-10,20,23H,2H2,1H3/t18-/m1/s1. The minimum atomic E-state index is -1.73. The first-order valence-electron chi connectivity index (χ1n) is 7.48. The van der Waals surface area contributed by atoms with E-state index in [-0.39, 0.29) is 5.91 Å². The summed E-state index contributed by atoms with van der Waals surface area (Å²) in [5.74, 6) is -0.345. The lowest BCUT2D eigenvalue weighted by Crippen LogP contribution is -2.41. The molecule has 0 saturated carbocycles. The summed E-state index contributed by atoms with van der Waals surface area (Å²) in [6, 6.07) is 12.8. The van der Waals surface area contributed by atoms with E-state index in [2.05, 4.69) is 4.98 Å². The largest absolute Gasteiger partial charge is 0.372 e. The number of para-hydroxylation sites is 1. The van der Waals surface area contributed by atoms with E-state index in [9.17, 15) is 9.90 Å². The highest BCUT2D eigenvalue weighted by Gasteiger charge is 2.51. The van der Waals surface area contributed by atoms with E-state index in [0.29, 0.717) is 28.4 Å². The van der Waals surface area contributed by atoms with Crippen molar-refractivity contribution < 1.29 is 9.90 Å². The molecular formula is C18H15ClN2O2. The molecule has 1 amide bonds. The number of halogens is 1. The van der Waals surface area contributed by atoms with Gasteiger partial charge >= 0.3 is 0 Å². The van der Waals surface area contributed by atoms with Crippen LogP contribution in [0.4, 0.5) is 5.69 Å². The number of aliphatic hydroxyl groups is 1. The van der Waals surface area contributed by atoms with E-state index >= 15 is 0 Å². The van der Waals surface area contributed by atoms with Crippen LogP contribution >= 0.6 is 11.6 Å². The highest BCUT2D eigenvalue weighted by Crippen LogP contribution is 2.47. The summed E-state index contributed by atoms with van der Waals surface area (Å²) in [5, 5.41) is 12.7. The number of amides is 1. The molecule has 0 unspecified atom stereocenters. The minimum absolute atomic E-state index is 0.345. The summed E-state index contributed by atoms with van der Waals surface area (Å²) in [6.45, 7) is 2.37. The lowest BCUT2D eigenvalue weighted by atomic mass is 9.87. The number of fused-ring (bicyclic) bond motifs is 2. The molecule has 0 spiro atoms. The number of nitrogens with zero attached hydrogens (tertiary/aromatic N) is 1. The smallest absolute Gasteiger partial charge is 0.268 e. The third-order valence-corrected chi connectivity index (χ3v) is 4.72. The van der Waals surface area contributed by atoms with E-state index in [1.807, 2.05) is 31.2 Å². The van der Waals surface area contributed by atoms with E-state index in [0.717, 1.165) is 10.9 Å². The molecule has 1 aliphatic rings. The Morgan fingerprint density at radius 3 is 2.78 bits per heavy atom. The van der Waals surface area contributed by atoms with Crippen molar-refractivity contribution in [2.24, 2.45) is 0 Å². The lowest BCUT2D eigenvalue weighted by molar-refractivity contribution is -0.132. The third kappa shape index (κ3) is 1.79. The quantitative estimate of drug-likeness (QED) is 0.758. The molecule has 2 N–H and O–H groups in total. The zero-order valence-corrected chi connectivity index (χ0v) is 13.3. The Bertz CT molecular complexity index is 934. The highest BCUT2D eigenvalue weighted by molar-refractivity contribution is 6.31. The van der Waals surface area contributed by atoms with Gasteiger partial charge in [0.25, 0.3) is 5.91 Å². The van der Waals surface area contributed by atoms with Gasteiger partial charge in [-0.15, -0.1) is 0 Å². The van der Waals surface area contributed by atoms with Gasteiger partial charge in [0, 0.05) is 39.8 Å². The highest BCUT2D eigenvalue weighted by atomic mass is 35.5. The molecule has 116 valence electrons. The van der Waals surface area contributed by atoms with Crippen molar-refractivity contribution in [3.05, 3.63) is 64.8 Å². The van der Waals surface area contributed by atoms with Crippen molar-refractivity contribution in [3.8, 4) is 0 Å². The first-order chi connectivity index (χ1) is 11.1. The molecule has 4 rings (SSSR count). The second kappa shape index (κ2) is 4.85. The van der Waals surface area contributed by atoms with Crippen molar-refractivity contribution in [1.82, 2.24) is 4.98 Å². The predicted molar refractivity (Wildman–Crippen MR) is 90.8 cm³/mol. The van der Waals surface area contributed by atoms with Gasteiger partial charge in [-0.1, -0.05) is 29.8 Å². The number of carbonyl (C=O) groups is 1. The number of benzene rings is 2. The number of hydrogen-bond donors (Lipinski definition) is 2. The van der Waals surface area contributed by atoms with Gasteiger partial charge in [-0.05, 0) is 31.2 Å². The molecule has 1 aromatic heterocycles. The number of aromatic amines is 1. The molecule has 23 heavy (non-hydrogen) atoms. The molecule has 0 bridgehead atoms. The van der Waals surface area contributed by atoms with E-state index in [4.69, 9.17) is 11.6 Å². The summed E-state index contributed by atoms with van der Waals surface area (Å²) >= 11 is 6.12. The number of hydrogen-bond acceptors (Lipinski definition) is 2. The van der Waals surface area contributed by atoms with Crippen molar-refractivity contribution in [2.45, 2.75) is 12.5 Å². The second-order valence-corrected chi connectivity index (χ2v) is 6.11. The first kappa shape index (κ1) is 14.3. The number of anilines is 1. The third-order valence-electron chi connectivity index (χ3n) is 4.49. The number of aromatic nitrogens is 1. The number of carbonyl (C=O) groups excluding carboxylic acids is 1. The Balaban J connectivity index is 2.04.